The van der Waals surface area contributed by atoms with E-state index in [1.54, 1.807) is 18.2 Å². The lowest BCUT2D eigenvalue weighted by atomic mass is 10.2. The fourth-order valence-corrected chi connectivity index (χ4v) is 2.87. The summed E-state index contributed by atoms with van der Waals surface area (Å²) in [5.41, 5.74) is 0.430. The normalized spacial score (nSPS) is 11.8. The van der Waals surface area contributed by atoms with Crippen molar-refractivity contribution in [1.29, 1.82) is 0 Å². The average Bonchev–Trinajstić information content (AvgIpc) is 2.42. The van der Waals surface area contributed by atoms with Crippen molar-refractivity contribution in [3.05, 3.63) is 63.1 Å². The fraction of sp³-hybridized carbons (Fsp3) is 0. The Morgan fingerprint density at radius 3 is 2.10 bits per heavy atom. The van der Waals surface area contributed by atoms with Crippen molar-refractivity contribution < 1.29 is 8.42 Å². The van der Waals surface area contributed by atoms with Gasteiger partial charge in [-0.1, -0.05) is 40.9 Å². The number of nitrogens with zero attached hydrogens (tertiary/aromatic N) is 1. The molecule has 0 saturated heterocycles. The van der Waals surface area contributed by atoms with Gasteiger partial charge in [0, 0.05) is 10.6 Å². The van der Waals surface area contributed by atoms with Crippen molar-refractivity contribution in [2.75, 3.05) is 0 Å². The van der Waals surface area contributed by atoms with Gasteiger partial charge in [0.2, 0.25) is 0 Å². The van der Waals surface area contributed by atoms with Gasteiger partial charge >= 0.3 is 0 Å². The van der Waals surface area contributed by atoms with E-state index in [0.717, 1.165) is 0 Å². The van der Waals surface area contributed by atoms with Crippen LogP contribution in [0.2, 0.25) is 15.1 Å². The molecule has 0 fully saturated rings. The van der Waals surface area contributed by atoms with Crippen LogP contribution in [0.5, 0.6) is 0 Å². The topological polar surface area (TPSA) is 58.5 Å². The maximum Gasteiger partial charge on any atom is 0.276 e. The van der Waals surface area contributed by atoms with Crippen LogP contribution in [-0.2, 0) is 10.0 Å². The van der Waals surface area contributed by atoms with Gasteiger partial charge in [0.1, 0.15) is 0 Å². The second-order valence-electron chi connectivity index (χ2n) is 3.94. The molecule has 0 aliphatic rings. The molecule has 0 atom stereocenters. The van der Waals surface area contributed by atoms with E-state index >= 15 is 0 Å². The van der Waals surface area contributed by atoms with E-state index in [0.29, 0.717) is 20.6 Å². The second kappa shape index (κ2) is 6.66. The Kier molecular flexibility index (Phi) is 5.11. The van der Waals surface area contributed by atoms with E-state index in [9.17, 15) is 8.42 Å². The number of hydrazone groups is 1. The van der Waals surface area contributed by atoms with Crippen LogP contribution < -0.4 is 4.83 Å². The molecule has 0 aliphatic heterocycles. The smallest absolute Gasteiger partial charge is 0.200 e. The van der Waals surface area contributed by atoms with E-state index in [2.05, 4.69) is 9.93 Å². The van der Waals surface area contributed by atoms with Crippen LogP contribution in [0, 0.1) is 0 Å². The number of rotatable bonds is 4. The largest absolute Gasteiger partial charge is 0.276 e. The number of nitrogens with one attached hydrogen (secondary N) is 1. The Morgan fingerprint density at radius 1 is 0.952 bits per heavy atom. The quantitative estimate of drug-likeness (QED) is 0.660. The molecule has 2 aromatic carbocycles. The van der Waals surface area contributed by atoms with Gasteiger partial charge in [0.25, 0.3) is 10.0 Å². The summed E-state index contributed by atoms with van der Waals surface area (Å²) in [6.07, 6.45) is 1.25. The summed E-state index contributed by atoms with van der Waals surface area (Å²) in [4.78, 5) is 2.13. The summed E-state index contributed by atoms with van der Waals surface area (Å²) in [6.45, 7) is 0. The summed E-state index contributed by atoms with van der Waals surface area (Å²) in [5.74, 6) is 0. The SMILES string of the molecule is O=S(=O)(NN=Cc1c(Cl)cccc1Cl)c1ccc(Cl)cc1. The van der Waals surface area contributed by atoms with Crippen LogP contribution in [0.15, 0.2) is 52.5 Å². The Morgan fingerprint density at radius 2 is 1.52 bits per heavy atom. The van der Waals surface area contributed by atoms with Gasteiger partial charge in [-0.25, -0.2) is 4.83 Å². The Hall–Kier alpha value is -1.27. The summed E-state index contributed by atoms with van der Waals surface area (Å²) in [5, 5.41) is 4.86. The van der Waals surface area contributed by atoms with Gasteiger partial charge in [0.15, 0.2) is 0 Å². The van der Waals surface area contributed by atoms with E-state index in [-0.39, 0.29) is 4.90 Å². The van der Waals surface area contributed by atoms with E-state index in [1.165, 1.54) is 30.5 Å². The molecule has 4 nitrogen and oxygen atoms in total. The number of hydrogen-bond donors (Lipinski definition) is 1. The lowest BCUT2D eigenvalue weighted by Gasteiger charge is -2.04. The van der Waals surface area contributed by atoms with Crippen LogP contribution in [0.25, 0.3) is 0 Å². The van der Waals surface area contributed by atoms with Crippen molar-refractivity contribution in [2.45, 2.75) is 4.90 Å². The van der Waals surface area contributed by atoms with Crippen molar-refractivity contribution in [3.63, 3.8) is 0 Å². The third-order valence-electron chi connectivity index (χ3n) is 2.49. The third-order valence-corrected chi connectivity index (χ3v) is 4.64. The number of hydrogen-bond acceptors (Lipinski definition) is 3. The zero-order valence-electron chi connectivity index (χ0n) is 10.4. The van der Waals surface area contributed by atoms with Crippen molar-refractivity contribution in [1.82, 2.24) is 4.83 Å². The molecule has 2 aromatic rings. The monoisotopic (exact) mass is 362 g/mol. The highest BCUT2D eigenvalue weighted by molar-refractivity contribution is 7.89. The summed E-state index contributed by atoms with van der Waals surface area (Å²) >= 11 is 17.6. The predicted octanol–water partition coefficient (Wildman–Crippen LogP) is 3.96. The number of halogens is 3. The van der Waals surface area contributed by atoms with Crippen LogP contribution in [0.1, 0.15) is 5.56 Å². The van der Waals surface area contributed by atoms with E-state index in [1.807, 2.05) is 0 Å². The molecule has 0 bridgehead atoms. The van der Waals surface area contributed by atoms with Gasteiger partial charge in [-0.3, -0.25) is 0 Å². The first-order valence-corrected chi connectivity index (χ1v) is 8.26. The maximum absolute atomic E-state index is 12.0. The van der Waals surface area contributed by atoms with Gasteiger partial charge in [-0.2, -0.15) is 13.5 Å². The zero-order valence-corrected chi connectivity index (χ0v) is 13.5. The van der Waals surface area contributed by atoms with E-state index < -0.39 is 10.0 Å². The average molecular weight is 364 g/mol. The summed E-state index contributed by atoms with van der Waals surface area (Å²) < 4.78 is 23.9. The minimum Gasteiger partial charge on any atom is -0.200 e. The molecule has 0 amide bonds. The maximum atomic E-state index is 12.0. The Labute approximate surface area is 137 Å². The molecule has 0 saturated carbocycles. The molecule has 1 N–H and O–H groups in total. The third kappa shape index (κ3) is 4.11. The Balaban J connectivity index is 2.19. The lowest BCUT2D eigenvalue weighted by Crippen LogP contribution is -2.18. The zero-order chi connectivity index (χ0) is 15.5. The minimum absolute atomic E-state index is 0.0503. The van der Waals surface area contributed by atoms with Crippen molar-refractivity contribution in [3.8, 4) is 0 Å². The number of sulfonamides is 1. The Bertz CT molecular complexity index is 754. The first kappa shape index (κ1) is 16.1. The molecule has 0 aliphatic carbocycles. The molecule has 0 aromatic heterocycles. The first-order valence-electron chi connectivity index (χ1n) is 5.64. The molecule has 21 heavy (non-hydrogen) atoms. The van der Waals surface area contributed by atoms with Gasteiger partial charge < -0.3 is 0 Å². The van der Waals surface area contributed by atoms with Crippen molar-refractivity contribution in [2.24, 2.45) is 5.10 Å². The molecule has 2 rings (SSSR count). The van der Waals surface area contributed by atoms with Gasteiger partial charge in [-0.05, 0) is 36.4 Å². The summed E-state index contributed by atoms with van der Waals surface area (Å²) in [6, 6.07) is 10.6. The molecule has 8 heteroatoms. The molecular formula is C13H9Cl3N2O2S. The van der Waals surface area contributed by atoms with Crippen LogP contribution in [-0.4, -0.2) is 14.6 Å². The predicted molar refractivity (Wildman–Crippen MR) is 85.8 cm³/mol. The second-order valence-corrected chi connectivity index (χ2v) is 6.85. The van der Waals surface area contributed by atoms with Crippen molar-refractivity contribution >= 4 is 51.0 Å². The fourth-order valence-electron chi connectivity index (χ4n) is 1.46. The molecular weight excluding hydrogens is 355 g/mol. The standard InChI is InChI=1S/C13H9Cl3N2O2S/c14-9-4-6-10(7-5-9)21(19,20)18-17-8-11-12(15)2-1-3-13(11)16/h1-8,18H. The summed E-state index contributed by atoms with van der Waals surface area (Å²) in [7, 11) is -3.77. The highest BCUT2D eigenvalue weighted by Gasteiger charge is 2.12. The highest BCUT2D eigenvalue weighted by atomic mass is 35.5. The molecule has 0 heterocycles. The van der Waals surface area contributed by atoms with E-state index in [4.69, 9.17) is 34.8 Å². The minimum atomic E-state index is -3.77. The molecule has 0 unspecified atom stereocenters. The molecule has 110 valence electrons. The molecule has 0 radical (unpaired) electrons. The van der Waals surface area contributed by atoms with Crippen LogP contribution in [0.3, 0.4) is 0 Å². The van der Waals surface area contributed by atoms with Crippen LogP contribution >= 0.6 is 34.8 Å². The van der Waals surface area contributed by atoms with Gasteiger partial charge in [0.05, 0.1) is 21.2 Å². The highest BCUT2D eigenvalue weighted by Crippen LogP contribution is 2.22. The number of benzene rings is 2. The first-order chi connectivity index (χ1) is 9.90. The van der Waals surface area contributed by atoms with Crippen LogP contribution in [0.4, 0.5) is 0 Å². The molecule has 0 spiro atoms. The van der Waals surface area contributed by atoms with Gasteiger partial charge in [-0.15, -0.1) is 0 Å². The lowest BCUT2D eigenvalue weighted by molar-refractivity contribution is 0.584.